The van der Waals surface area contributed by atoms with Crippen LogP contribution in [0, 0.1) is 0 Å². The van der Waals surface area contributed by atoms with Crippen molar-refractivity contribution in [1.29, 1.82) is 0 Å². The molecule has 0 aliphatic heterocycles. The van der Waals surface area contributed by atoms with Gasteiger partial charge in [0.2, 0.25) is 5.95 Å². The molecular formula is C18H21F3N6O2. The fourth-order valence-electron chi connectivity index (χ4n) is 2.44. The maximum Gasteiger partial charge on any atom is 0.417 e. The van der Waals surface area contributed by atoms with Gasteiger partial charge in [0, 0.05) is 18.7 Å². The van der Waals surface area contributed by atoms with Crippen molar-refractivity contribution in [2.45, 2.75) is 6.18 Å². The van der Waals surface area contributed by atoms with Crippen LogP contribution in [0.25, 0.3) is 22.3 Å². The summed E-state index contributed by atoms with van der Waals surface area (Å²) in [6.07, 6.45) is -4.49. The molecule has 0 atom stereocenters. The van der Waals surface area contributed by atoms with Crippen molar-refractivity contribution in [3.8, 4) is 11.3 Å². The third-order valence-electron chi connectivity index (χ3n) is 3.62. The van der Waals surface area contributed by atoms with Crippen LogP contribution < -0.4 is 16.8 Å². The molecule has 29 heavy (non-hydrogen) atoms. The number of aliphatic hydroxyl groups excluding tert-OH is 2. The van der Waals surface area contributed by atoms with Crippen LogP contribution in [-0.2, 0) is 6.18 Å². The van der Waals surface area contributed by atoms with Crippen LogP contribution in [0.4, 0.5) is 24.9 Å². The number of aliphatic hydroxyl groups is 2. The lowest BCUT2D eigenvalue weighted by molar-refractivity contribution is -0.137. The molecule has 0 saturated carbocycles. The number of benzene rings is 1. The van der Waals surface area contributed by atoms with Crippen molar-refractivity contribution in [2.75, 3.05) is 37.4 Å². The van der Waals surface area contributed by atoms with Gasteiger partial charge in [0.05, 0.1) is 29.9 Å². The number of aromatic nitrogens is 3. The number of halogens is 3. The Kier molecular flexibility index (Phi) is 7.65. The Labute approximate surface area is 164 Å². The average molecular weight is 410 g/mol. The van der Waals surface area contributed by atoms with E-state index in [0.29, 0.717) is 17.7 Å². The standard InChI is InChI=1S/C16H14F3N5O.C2H7NO/c17-16(18,19)11-4-2-1-3-9(11)12-6-5-10-13(21-7-8-25)23-15(20)24-14(10)22-12;3-1-2-4/h1-6,25H,7-8H2,(H3,20,21,22,23,24);4H,1-3H2. The molecule has 0 fully saturated rings. The maximum absolute atomic E-state index is 13.2. The molecule has 3 aromatic rings. The van der Waals surface area contributed by atoms with Crippen molar-refractivity contribution in [3.05, 3.63) is 42.0 Å². The van der Waals surface area contributed by atoms with Crippen molar-refractivity contribution in [1.82, 2.24) is 15.0 Å². The van der Waals surface area contributed by atoms with Gasteiger partial charge in [0.15, 0.2) is 5.65 Å². The number of nitrogens with one attached hydrogen (secondary N) is 1. The quantitative estimate of drug-likeness (QED) is 0.427. The summed E-state index contributed by atoms with van der Waals surface area (Å²) < 4.78 is 39.6. The third kappa shape index (κ3) is 5.73. The molecular weight excluding hydrogens is 389 g/mol. The Morgan fingerprint density at radius 3 is 2.28 bits per heavy atom. The maximum atomic E-state index is 13.2. The Hall–Kier alpha value is -3.02. The van der Waals surface area contributed by atoms with Gasteiger partial charge in [0.1, 0.15) is 5.82 Å². The molecule has 0 spiro atoms. The molecule has 0 unspecified atom stereocenters. The van der Waals surface area contributed by atoms with Crippen LogP contribution >= 0.6 is 0 Å². The molecule has 0 bridgehead atoms. The number of nitrogens with two attached hydrogens (primary N) is 2. The Balaban J connectivity index is 0.000000687. The first-order valence-electron chi connectivity index (χ1n) is 8.58. The summed E-state index contributed by atoms with van der Waals surface area (Å²) in [5, 5.41) is 20.0. The van der Waals surface area contributed by atoms with Crippen molar-refractivity contribution < 1.29 is 23.4 Å². The molecule has 7 N–H and O–H groups in total. The molecule has 8 nitrogen and oxygen atoms in total. The van der Waals surface area contributed by atoms with E-state index in [1.54, 1.807) is 6.07 Å². The summed E-state index contributed by atoms with van der Waals surface area (Å²) >= 11 is 0. The molecule has 1 aromatic carbocycles. The van der Waals surface area contributed by atoms with Gasteiger partial charge in [-0.25, -0.2) is 4.98 Å². The van der Waals surface area contributed by atoms with E-state index in [-0.39, 0.29) is 42.6 Å². The van der Waals surface area contributed by atoms with E-state index in [4.69, 9.17) is 21.7 Å². The van der Waals surface area contributed by atoms with Gasteiger partial charge in [-0.1, -0.05) is 18.2 Å². The second-order valence-corrected chi connectivity index (χ2v) is 5.70. The van der Waals surface area contributed by atoms with Crippen LogP contribution in [0.2, 0.25) is 0 Å². The highest BCUT2D eigenvalue weighted by Crippen LogP contribution is 2.36. The smallest absolute Gasteiger partial charge is 0.395 e. The Morgan fingerprint density at radius 2 is 1.66 bits per heavy atom. The summed E-state index contributed by atoms with van der Waals surface area (Å²) in [5.74, 6) is 0.293. The van der Waals surface area contributed by atoms with E-state index in [2.05, 4.69) is 20.3 Å². The van der Waals surface area contributed by atoms with Crippen molar-refractivity contribution >= 4 is 22.8 Å². The first-order chi connectivity index (χ1) is 13.8. The van der Waals surface area contributed by atoms with E-state index in [0.717, 1.165) is 6.07 Å². The van der Waals surface area contributed by atoms with Crippen LogP contribution in [-0.4, -0.2) is 51.5 Å². The topological polar surface area (TPSA) is 143 Å². The summed E-state index contributed by atoms with van der Waals surface area (Å²) in [7, 11) is 0. The molecule has 2 aromatic heterocycles. The minimum absolute atomic E-state index is 0.0426. The molecule has 3 rings (SSSR count). The van der Waals surface area contributed by atoms with E-state index in [1.165, 1.54) is 24.3 Å². The van der Waals surface area contributed by atoms with E-state index in [9.17, 15) is 13.2 Å². The van der Waals surface area contributed by atoms with Crippen LogP contribution in [0.1, 0.15) is 5.56 Å². The average Bonchev–Trinajstić information content (AvgIpc) is 2.71. The van der Waals surface area contributed by atoms with Gasteiger partial charge in [0.25, 0.3) is 0 Å². The van der Waals surface area contributed by atoms with E-state index < -0.39 is 11.7 Å². The van der Waals surface area contributed by atoms with Crippen LogP contribution in [0.3, 0.4) is 0 Å². The van der Waals surface area contributed by atoms with Gasteiger partial charge in [-0.2, -0.15) is 23.1 Å². The van der Waals surface area contributed by atoms with Gasteiger partial charge in [-0.3, -0.25) is 0 Å². The summed E-state index contributed by atoms with van der Waals surface area (Å²) in [6.45, 7) is 0.597. The third-order valence-corrected chi connectivity index (χ3v) is 3.62. The zero-order valence-corrected chi connectivity index (χ0v) is 15.3. The van der Waals surface area contributed by atoms with Gasteiger partial charge in [-0.15, -0.1) is 0 Å². The molecule has 0 amide bonds. The molecule has 0 aliphatic rings. The van der Waals surface area contributed by atoms with Gasteiger partial charge < -0.3 is 27.0 Å². The lowest BCUT2D eigenvalue weighted by Gasteiger charge is -2.13. The van der Waals surface area contributed by atoms with Crippen molar-refractivity contribution in [2.24, 2.45) is 5.73 Å². The highest BCUT2D eigenvalue weighted by molar-refractivity contribution is 5.89. The molecule has 156 valence electrons. The van der Waals surface area contributed by atoms with Gasteiger partial charge >= 0.3 is 6.18 Å². The summed E-state index contributed by atoms with van der Waals surface area (Å²) in [4.78, 5) is 12.2. The first-order valence-corrected chi connectivity index (χ1v) is 8.58. The second-order valence-electron chi connectivity index (χ2n) is 5.70. The molecule has 11 heteroatoms. The number of fused-ring (bicyclic) bond motifs is 1. The number of nitrogen functional groups attached to an aromatic ring is 1. The molecule has 0 saturated heterocycles. The monoisotopic (exact) mass is 410 g/mol. The van der Waals surface area contributed by atoms with Crippen LogP contribution in [0.15, 0.2) is 36.4 Å². The summed E-state index contributed by atoms with van der Waals surface area (Å²) in [5.41, 5.74) is 9.90. The summed E-state index contributed by atoms with van der Waals surface area (Å²) in [6, 6.07) is 8.24. The van der Waals surface area contributed by atoms with Crippen LogP contribution in [0.5, 0.6) is 0 Å². The lowest BCUT2D eigenvalue weighted by Crippen LogP contribution is -2.10. The Bertz CT molecular complexity index is 951. The number of anilines is 2. The molecule has 0 radical (unpaired) electrons. The number of hydrogen-bond acceptors (Lipinski definition) is 8. The van der Waals surface area contributed by atoms with E-state index >= 15 is 0 Å². The normalized spacial score (nSPS) is 11.1. The number of nitrogens with zero attached hydrogens (tertiary/aromatic N) is 3. The van der Waals surface area contributed by atoms with E-state index in [1.807, 2.05) is 0 Å². The predicted octanol–water partition coefficient (Wildman–Crippen LogP) is 1.63. The minimum Gasteiger partial charge on any atom is -0.395 e. The van der Waals surface area contributed by atoms with Crippen molar-refractivity contribution in [3.63, 3.8) is 0 Å². The fraction of sp³-hybridized carbons (Fsp3) is 0.278. The zero-order valence-electron chi connectivity index (χ0n) is 15.3. The molecule has 2 heterocycles. The number of hydrogen-bond donors (Lipinski definition) is 5. The second kappa shape index (κ2) is 9.96. The zero-order chi connectivity index (χ0) is 21.4. The highest BCUT2D eigenvalue weighted by Gasteiger charge is 2.33. The fourth-order valence-corrected chi connectivity index (χ4v) is 2.44. The largest absolute Gasteiger partial charge is 0.417 e. The SMILES string of the molecule is NCCO.Nc1nc(NCCO)c2ccc(-c3ccccc3C(F)(F)F)nc2n1. The number of alkyl halides is 3. The number of pyridine rings is 1. The molecule has 0 aliphatic carbocycles. The predicted molar refractivity (Wildman–Crippen MR) is 104 cm³/mol. The Morgan fingerprint density at radius 1 is 0.966 bits per heavy atom. The first kappa shape index (κ1) is 22.3. The number of rotatable bonds is 5. The lowest BCUT2D eigenvalue weighted by atomic mass is 10.0. The highest BCUT2D eigenvalue weighted by atomic mass is 19.4. The van der Waals surface area contributed by atoms with Gasteiger partial charge in [-0.05, 0) is 18.2 Å². The minimum atomic E-state index is -4.49.